The summed E-state index contributed by atoms with van der Waals surface area (Å²) in [6, 6.07) is 0.894. The molecule has 100 valence electrons. The van der Waals surface area contributed by atoms with Crippen LogP contribution in [0.25, 0.3) is 0 Å². The summed E-state index contributed by atoms with van der Waals surface area (Å²) >= 11 is 0. The first kappa shape index (κ1) is 13.4. The highest BCUT2D eigenvalue weighted by Crippen LogP contribution is 2.38. The number of hydrogen-bond acceptors (Lipinski definition) is 1. The predicted molar refractivity (Wildman–Crippen MR) is 75.2 cm³/mol. The Morgan fingerprint density at radius 2 is 1.65 bits per heavy atom. The fraction of sp³-hybridized carbons (Fsp3) is 1.00. The molecule has 2 saturated carbocycles. The summed E-state index contributed by atoms with van der Waals surface area (Å²) in [5.41, 5.74) is 0. The topological polar surface area (TPSA) is 12.0 Å². The van der Waals surface area contributed by atoms with E-state index < -0.39 is 0 Å². The van der Waals surface area contributed by atoms with Crippen LogP contribution in [0.4, 0.5) is 0 Å². The SMILES string of the molecule is CCCC1CCC(CNC2CC2)C(CCC)C1. The summed E-state index contributed by atoms with van der Waals surface area (Å²) in [5, 5.41) is 3.76. The van der Waals surface area contributed by atoms with Gasteiger partial charge in [-0.05, 0) is 50.0 Å². The zero-order valence-corrected chi connectivity index (χ0v) is 11.9. The maximum absolute atomic E-state index is 3.76. The monoisotopic (exact) mass is 237 g/mol. The highest BCUT2D eigenvalue weighted by Gasteiger charge is 2.30. The van der Waals surface area contributed by atoms with Gasteiger partial charge in [-0.25, -0.2) is 0 Å². The Morgan fingerprint density at radius 1 is 0.882 bits per heavy atom. The summed E-state index contributed by atoms with van der Waals surface area (Å²) in [6.45, 7) is 6.01. The van der Waals surface area contributed by atoms with Gasteiger partial charge in [-0.3, -0.25) is 0 Å². The van der Waals surface area contributed by atoms with Gasteiger partial charge in [0.15, 0.2) is 0 Å². The zero-order valence-electron chi connectivity index (χ0n) is 11.9. The standard InChI is InChI=1S/C16H31N/c1-3-5-13-7-8-15(12-17-16-9-10-16)14(11-13)6-4-2/h13-17H,3-12H2,1-2H3. The van der Waals surface area contributed by atoms with Crippen LogP contribution < -0.4 is 5.32 Å². The van der Waals surface area contributed by atoms with Gasteiger partial charge in [0.05, 0.1) is 0 Å². The molecule has 2 rings (SSSR count). The van der Waals surface area contributed by atoms with Crippen LogP contribution in [0.15, 0.2) is 0 Å². The molecule has 0 aromatic heterocycles. The van der Waals surface area contributed by atoms with Gasteiger partial charge in [-0.1, -0.05) is 46.0 Å². The average molecular weight is 237 g/mol. The third kappa shape index (κ3) is 4.28. The van der Waals surface area contributed by atoms with E-state index in [1.165, 1.54) is 64.3 Å². The van der Waals surface area contributed by atoms with Crippen molar-refractivity contribution in [2.24, 2.45) is 17.8 Å². The second-order valence-corrected chi connectivity index (χ2v) is 6.46. The third-order valence-corrected chi connectivity index (χ3v) is 4.85. The minimum Gasteiger partial charge on any atom is -0.314 e. The molecule has 0 aromatic carbocycles. The van der Waals surface area contributed by atoms with Crippen molar-refractivity contribution in [3.8, 4) is 0 Å². The summed E-state index contributed by atoms with van der Waals surface area (Å²) in [7, 11) is 0. The molecule has 1 N–H and O–H groups in total. The summed E-state index contributed by atoms with van der Waals surface area (Å²) in [6.07, 6.45) is 13.1. The van der Waals surface area contributed by atoms with E-state index in [0.29, 0.717) is 0 Å². The molecule has 0 saturated heterocycles. The van der Waals surface area contributed by atoms with E-state index in [1.54, 1.807) is 0 Å². The van der Waals surface area contributed by atoms with E-state index in [1.807, 2.05) is 0 Å². The van der Waals surface area contributed by atoms with Gasteiger partial charge in [0.1, 0.15) is 0 Å². The number of rotatable bonds is 7. The molecule has 1 nitrogen and oxygen atoms in total. The largest absolute Gasteiger partial charge is 0.314 e. The lowest BCUT2D eigenvalue weighted by molar-refractivity contribution is 0.158. The molecule has 2 fully saturated rings. The second-order valence-electron chi connectivity index (χ2n) is 6.46. The van der Waals surface area contributed by atoms with Crippen LogP contribution in [0.5, 0.6) is 0 Å². The third-order valence-electron chi connectivity index (χ3n) is 4.85. The molecular weight excluding hydrogens is 206 g/mol. The van der Waals surface area contributed by atoms with E-state index in [0.717, 1.165) is 23.8 Å². The fourth-order valence-electron chi connectivity index (χ4n) is 3.69. The lowest BCUT2D eigenvalue weighted by Crippen LogP contribution is -2.34. The van der Waals surface area contributed by atoms with Gasteiger partial charge in [0, 0.05) is 6.04 Å². The molecule has 0 aromatic rings. The zero-order chi connectivity index (χ0) is 12.1. The van der Waals surface area contributed by atoms with Gasteiger partial charge in [0.2, 0.25) is 0 Å². The summed E-state index contributed by atoms with van der Waals surface area (Å²) < 4.78 is 0. The molecule has 2 aliphatic carbocycles. The lowest BCUT2D eigenvalue weighted by atomic mass is 9.71. The van der Waals surface area contributed by atoms with Crippen molar-refractivity contribution in [1.29, 1.82) is 0 Å². The van der Waals surface area contributed by atoms with Gasteiger partial charge in [0.25, 0.3) is 0 Å². The van der Waals surface area contributed by atoms with Crippen molar-refractivity contribution in [2.75, 3.05) is 6.54 Å². The van der Waals surface area contributed by atoms with E-state index in [2.05, 4.69) is 19.2 Å². The summed E-state index contributed by atoms with van der Waals surface area (Å²) in [5.74, 6) is 3.06. The smallest absolute Gasteiger partial charge is 0.00683 e. The molecule has 3 atom stereocenters. The Morgan fingerprint density at radius 3 is 2.29 bits per heavy atom. The first-order valence-corrected chi connectivity index (χ1v) is 8.06. The van der Waals surface area contributed by atoms with Crippen molar-refractivity contribution in [1.82, 2.24) is 5.32 Å². The fourth-order valence-corrected chi connectivity index (χ4v) is 3.69. The minimum absolute atomic E-state index is 0.894. The van der Waals surface area contributed by atoms with E-state index in [-0.39, 0.29) is 0 Å². The molecule has 1 heteroatoms. The van der Waals surface area contributed by atoms with Crippen molar-refractivity contribution < 1.29 is 0 Å². The molecule has 0 bridgehead atoms. The quantitative estimate of drug-likeness (QED) is 0.693. The van der Waals surface area contributed by atoms with Gasteiger partial charge in [-0.15, -0.1) is 0 Å². The predicted octanol–water partition coefficient (Wildman–Crippen LogP) is 4.37. The van der Waals surface area contributed by atoms with Crippen molar-refractivity contribution in [3.05, 3.63) is 0 Å². The Labute approximate surface area is 108 Å². The number of nitrogens with one attached hydrogen (secondary N) is 1. The average Bonchev–Trinajstić information content (AvgIpc) is 3.13. The summed E-state index contributed by atoms with van der Waals surface area (Å²) in [4.78, 5) is 0. The molecule has 0 spiro atoms. The number of hydrogen-bond donors (Lipinski definition) is 1. The van der Waals surface area contributed by atoms with Crippen LogP contribution in [0.3, 0.4) is 0 Å². The highest BCUT2D eigenvalue weighted by atomic mass is 14.9. The van der Waals surface area contributed by atoms with E-state index in [4.69, 9.17) is 0 Å². The van der Waals surface area contributed by atoms with Crippen LogP contribution in [-0.4, -0.2) is 12.6 Å². The first-order valence-electron chi connectivity index (χ1n) is 8.06. The van der Waals surface area contributed by atoms with E-state index >= 15 is 0 Å². The Balaban J connectivity index is 1.77. The Bertz CT molecular complexity index is 210. The molecule has 2 aliphatic rings. The molecule has 3 unspecified atom stereocenters. The van der Waals surface area contributed by atoms with Crippen molar-refractivity contribution in [2.45, 2.75) is 77.7 Å². The molecule has 0 aliphatic heterocycles. The van der Waals surface area contributed by atoms with Crippen LogP contribution >= 0.6 is 0 Å². The Hall–Kier alpha value is -0.0400. The van der Waals surface area contributed by atoms with Crippen LogP contribution in [0.1, 0.15) is 71.6 Å². The van der Waals surface area contributed by atoms with Gasteiger partial charge in [-0.2, -0.15) is 0 Å². The molecule has 17 heavy (non-hydrogen) atoms. The van der Waals surface area contributed by atoms with Crippen molar-refractivity contribution >= 4 is 0 Å². The minimum atomic E-state index is 0.894. The van der Waals surface area contributed by atoms with Crippen LogP contribution in [0.2, 0.25) is 0 Å². The molecular formula is C16H31N. The normalized spacial score (nSPS) is 33.9. The van der Waals surface area contributed by atoms with Crippen LogP contribution in [0, 0.1) is 17.8 Å². The molecule has 0 radical (unpaired) electrons. The maximum atomic E-state index is 3.76. The Kier molecular flexibility index (Phi) is 5.34. The van der Waals surface area contributed by atoms with Gasteiger partial charge < -0.3 is 5.32 Å². The maximum Gasteiger partial charge on any atom is 0.00683 e. The first-order chi connectivity index (χ1) is 8.33. The van der Waals surface area contributed by atoms with E-state index in [9.17, 15) is 0 Å². The van der Waals surface area contributed by atoms with Crippen molar-refractivity contribution in [3.63, 3.8) is 0 Å². The highest BCUT2D eigenvalue weighted by molar-refractivity contribution is 4.86. The van der Waals surface area contributed by atoms with Crippen LogP contribution in [-0.2, 0) is 0 Å². The molecule has 0 heterocycles. The lowest BCUT2D eigenvalue weighted by Gasteiger charge is -2.36. The van der Waals surface area contributed by atoms with Gasteiger partial charge >= 0.3 is 0 Å². The molecule has 0 amide bonds. The second kappa shape index (κ2) is 6.78.